The molecule has 0 amide bonds. The molecule has 17 heavy (non-hydrogen) atoms. The van der Waals surface area contributed by atoms with Crippen molar-refractivity contribution in [3.8, 4) is 0 Å². The second-order valence-corrected chi connectivity index (χ2v) is 5.35. The molecule has 2 rings (SSSR count). The summed E-state index contributed by atoms with van der Waals surface area (Å²) in [7, 11) is 0. The highest BCUT2D eigenvalue weighted by molar-refractivity contribution is 6.20. The van der Waals surface area contributed by atoms with Gasteiger partial charge in [-0.15, -0.1) is 11.6 Å². The van der Waals surface area contributed by atoms with Gasteiger partial charge in [-0.1, -0.05) is 32.4 Å². The fourth-order valence-corrected chi connectivity index (χ4v) is 2.20. The van der Waals surface area contributed by atoms with E-state index >= 15 is 0 Å². The zero-order valence-electron chi connectivity index (χ0n) is 10.7. The van der Waals surface area contributed by atoms with E-state index in [1.165, 1.54) is 11.9 Å². The Morgan fingerprint density at radius 1 is 1.29 bits per heavy atom. The zero-order chi connectivity index (χ0) is 12.4. The third-order valence-corrected chi connectivity index (χ3v) is 3.43. The molecule has 3 heteroatoms. The number of imidazole rings is 1. The van der Waals surface area contributed by atoms with Crippen LogP contribution in [0.5, 0.6) is 0 Å². The van der Waals surface area contributed by atoms with Crippen molar-refractivity contribution in [1.29, 1.82) is 0 Å². The smallest absolute Gasteiger partial charge is 0.127 e. The van der Waals surface area contributed by atoms with Gasteiger partial charge < -0.3 is 4.57 Å². The van der Waals surface area contributed by atoms with E-state index < -0.39 is 0 Å². The number of fused-ring (bicyclic) bond motifs is 1. The molecule has 2 unspecified atom stereocenters. The Balaban J connectivity index is 2.52. The predicted molar refractivity (Wildman–Crippen MR) is 73.5 cm³/mol. The molecule has 0 radical (unpaired) electrons. The average molecular weight is 251 g/mol. The quantitative estimate of drug-likeness (QED) is 0.737. The molecule has 0 fully saturated rings. The molecule has 0 saturated heterocycles. The third-order valence-electron chi connectivity index (χ3n) is 3.23. The number of hydrogen-bond donors (Lipinski definition) is 0. The Morgan fingerprint density at radius 2 is 2.00 bits per heavy atom. The summed E-state index contributed by atoms with van der Waals surface area (Å²) >= 11 is 6.22. The van der Waals surface area contributed by atoms with Crippen LogP contribution in [-0.4, -0.2) is 9.55 Å². The summed E-state index contributed by atoms with van der Waals surface area (Å²) in [5.74, 6) is 1.62. The van der Waals surface area contributed by atoms with Gasteiger partial charge in [-0.25, -0.2) is 4.98 Å². The minimum atomic E-state index is -0.0496. The molecule has 2 aromatic rings. The molecule has 0 aliphatic rings. The van der Waals surface area contributed by atoms with Crippen LogP contribution in [-0.2, 0) is 6.54 Å². The molecule has 1 aromatic carbocycles. The molecule has 2 atom stereocenters. The first-order valence-corrected chi connectivity index (χ1v) is 6.66. The van der Waals surface area contributed by atoms with Crippen LogP contribution in [0.3, 0.4) is 0 Å². The molecule has 0 spiro atoms. The van der Waals surface area contributed by atoms with Gasteiger partial charge in [0.25, 0.3) is 0 Å². The number of benzene rings is 1. The van der Waals surface area contributed by atoms with Crippen LogP contribution in [0.2, 0.25) is 0 Å². The van der Waals surface area contributed by atoms with E-state index in [0.717, 1.165) is 17.9 Å². The van der Waals surface area contributed by atoms with Gasteiger partial charge in [0.15, 0.2) is 0 Å². The molecule has 0 aliphatic heterocycles. The SMILES string of the molecule is CCC(C)Cn1c(C(C)Cl)nc2ccccc21. The number of hydrogen-bond acceptors (Lipinski definition) is 1. The van der Waals surface area contributed by atoms with E-state index in [9.17, 15) is 0 Å². The number of halogens is 1. The zero-order valence-corrected chi connectivity index (χ0v) is 11.4. The van der Waals surface area contributed by atoms with E-state index in [4.69, 9.17) is 11.6 Å². The summed E-state index contributed by atoms with van der Waals surface area (Å²) in [5, 5.41) is -0.0496. The lowest BCUT2D eigenvalue weighted by Crippen LogP contribution is -2.10. The van der Waals surface area contributed by atoms with Crippen molar-refractivity contribution < 1.29 is 0 Å². The maximum atomic E-state index is 6.22. The first kappa shape index (κ1) is 12.4. The lowest BCUT2D eigenvalue weighted by Gasteiger charge is -2.14. The van der Waals surface area contributed by atoms with E-state index in [1.54, 1.807) is 0 Å². The van der Waals surface area contributed by atoms with Crippen molar-refractivity contribution in [3.05, 3.63) is 30.1 Å². The van der Waals surface area contributed by atoms with Crippen LogP contribution in [0.25, 0.3) is 11.0 Å². The lowest BCUT2D eigenvalue weighted by atomic mass is 10.1. The molecule has 1 aromatic heterocycles. The monoisotopic (exact) mass is 250 g/mol. The molecule has 2 nitrogen and oxygen atoms in total. The maximum Gasteiger partial charge on any atom is 0.127 e. The maximum absolute atomic E-state index is 6.22. The molecular formula is C14H19ClN2. The summed E-state index contributed by atoms with van der Waals surface area (Å²) in [6.45, 7) is 7.45. The van der Waals surface area contributed by atoms with Crippen molar-refractivity contribution in [2.45, 2.75) is 39.1 Å². The number of aromatic nitrogens is 2. The van der Waals surface area contributed by atoms with Crippen molar-refractivity contribution in [1.82, 2.24) is 9.55 Å². The van der Waals surface area contributed by atoms with Crippen LogP contribution >= 0.6 is 11.6 Å². The van der Waals surface area contributed by atoms with Crippen molar-refractivity contribution in [3.63, 3.8) is 0 Å². The topological polar surface area (TPSA) is 17.8 Å². The van der Waals surface area contributed by atoms with Gasteiger partial charge >= 0.3 is 0 Å². The van der Waals surface area contributed by atoms with Gasteiger partial charge in [-0.3, -0.25) is 0 Å². The Hall–Kier alpha value is -1.02. The van der Waals surface area contributed by atoms with Crippen LogP contribution in [0, 0.1) is 5.92 Å². The molecule has 0 N–H and O–H groups in total. The summed E-state index contributed by atoms with van der Waals surface area (Å²) < 4.78 is 2.27. The van der Waals surface area contributed by atoms with E-state index in [0.29, 0.717) is 5.92 Å². The van der Waals surface area contributed by atoms with Gasteiger partial charge in [0.1, 0.15) is 5.82 Å². The summed E-state index contributed by atoms with van der Waals surface area (Å²) in [5.41, 5.74) is 2.23. The summed E-state index contributed by atoms with van der Waals surface area (Å²) in [6.07, 6.45) is 1.17. The van der Waals surface area contributed by atoms with Gasteiger partial charge in [-0.2, -0.15) is 0 Å². The standard InChI is InChI=1S/C14H19ClN2/c1-4-10(2)9-17-13-8-6-5-7-12(13)16-14(17)11(3)15/h5-8,10-11H,4,9H2,1-3H3. The summed E-state index contributed by atoms with van der Waals surface area (Å²) in [6, 6.07) is 8.24. The summed E-state index contributed by atoms with van der Waals surface area (Å²) in [4.78, 5) is 4.63. The third kappa shape index (κ3) is 2.47. The predicted octanol–water partition coefficient (Wildman–Crippen LogP) is 4.38. The Labute approximate surface area is 108 Å². The first-order valence-electron chi connectivity index (χ1n) is 6.22. The number of alkyl halides is 1. The minimum absolute atomic E-state index is 0.0496. The fourth-order valence-electron chi connectivity index (χ4n) is 2.03. The first-order chi connectivity index (χ1) is 8.13. The van der Waals surface area contributed by atoms with Crippen LogP contribution in [0.4, 0.5) is 0 Å². The van der Waals surface area contributed by atoms with Crippen molar-refractivity contribution in [2.75, 3.05) is 0 Å². The highest BCUT2D eigenvalue weighted by Gasteiger charge is 2.15. The highest BCUT2D eigenvalue weighted by Crippen LogP contribution is 2.25. The minimum Gasteiger partial charge on any atom is -0.326 e. The molecule has 1 heterocycles. The second kappa shape index (κ2) is 5.09. The second-order valence-electron chi connectivity index (χ2n) is 4.70. The average Bonchev–Trinajstić information content (AvgIpc) is 2.68. The molecule has 0 aliphatic carbocycles. The molecule has 0 saturated carbocycles. The lowest BCUT2D eigenvalue weighted by molar-refractivity contribution is 0.465. The van der Waals surface area contributed by atoms with Gasteiger partial charge in [-0.05, 0) is 25.0 Å². The van der Waals surface area contributed by atoms with Crippen LogP contribution in [0.15, 0.2) is 24.3 Å². The Morgan fingerprint density at radius 3 is 2.65 bits per heavy atom. The van der Waals surface area contributed by atoms with E-state index in [2.05, 4.69) is 35.5 Å². The highest BCUT2D eigenvalue weighted by atomic mass is 35.5. The number of nitrogens with zero attached hydrogens (tertiary/aromatic N) is 2. The normalized spacial score (nSPS) is 15.1. The van der Waals surface area contributed by atoms with Gasteiger partial charge in [0.05, 0.1) is 16.4 Å². The largest absolute Gasteiger partial charge is 0.326 e. The van der Waals surface area contributed by atoms with Gasteiger partial charge in [0.2, 0.25) is 0 Å². The van der Waals surface area contributed by atoms with Crippen molar-refractivity contribution in [2.24, 2.45) is 5.92 Å². The van der Waals surface area contributed by atoms with Gasteiger partial charge in [0, 0.05) is 6.54 Å². The number of rotatable bonds is 4. The molecule has 92 valence electrons. The van der Waals surface area contributed by atoms with E-state index in [-0.39, 0.29) is 5.38 Å². The molecular weight excluding hydrogens is 232 g/mol. The molecule has 0 bridgehead atoms. The Bertz CT molecular complexity index is 502. The fraction of sp³-hybridized carbons (Fsp3) is 0.500. The number of para-hydroxylation sites is 2. The van der Waals surface area contributed by atoms with Crippen molar-refractivity contribution >= 4 is 22.6 Å². The van der Waals surface area contributed by atoms with Crippen LogP contribution in [0.1, 0.15) is 38.4 Å². The Kier molecular flexibility index (Phi) is 3.72. The van der Waals surface area contributed by atoms with Crippen LogP contribution < -0.4 is 0 Å². The van der Waals surface area contributed by atoms with E-state index in [1.807, 2.05) is 19.1 Å².